The van der Waals surface area contributed by atoms with Crippen LogP contribution in [0.3, 0.4) is 0 Å². The number of rotatable bonds is 5. The van der Waals surface area contributed by atoms with E-state index in [1.54, 1.807) is 30.3 Å². The fourth-order valence-corrected chi connectivity index (χ4v) is 4.47. The molecule has 8 heteroatoms. The van der Waals surface area contributed by atoms with Crippen molar-refractivity contribution in [2.24, 2.45) is 0 Å². The standard InChI is InChI=1S/C15H20NO6P/c1-20-15(18)12-9-10-13(23(19,21-2)22-3)16(12)14(17)11-7-5-4-6-8-11/h4-8,12-13H,9-10H2,1-3H3/t12-,13?/m0/s1. The summed E-state index contributed by atoms with van der Waals surface area (Å²) in [5.74, 6) is -1.78. The van der Waals surface area contributed by atoms with E-state index in [9.17, 15) is 14.2 Å². The number of hydrogen-bond acceptors (Lipinski definition) is 6. The van der Waals surface area contributed by atoms with Crippen LogP contribution in [0.2, 0.25) is 0 Å². The van der Waals surface area contributed by atoms with Crippen LogP contribution in [-0.4, -0.2) is 49.9 Å². The Morgan fingerprint density at radius 3 is 2.22 bits per heavy atom. The first-order valence-corrected chi connectivity index (χ1v) is 8.76. The highest BCUT2D eigenvalue weighted by atomic mass is 31.2. The van der Waals surface area contributed by atoms with Gasteiger partial charge in [-0.3, -0.25) is 9.36 Å². The molecule has 0 N–H and O–H groups in total. The fraction of sp³-hybridized carbons (Fsp3) is 0.467. The van der Waals surface area contributed by atoms with Gasteiger partial charge < -0.3 is 18.7 Å². The van der Waals surface area contributed by atoms with Crippen LogP contribution < -0.4 is 0 Å². The number of nitrogens with zero attached hydrogens (tertiary/aromatic N) is 1. The Kier molecular flexibility index (Phi) is 5.57. The van der Waals surface area contributed by atoms with Gasteiger partial charge in [-0.1, -0.05) is 18.2 Å². The Labute approximate surface area is 135 Å². The smallest absolute Gasteiger partial charge is 0.352 e. The van der Waals surface area contributed by atoms with Gasteiger partial charge in [0.25, 0.3) is 5.91 Å². The van der Waals surface area contributed by atoms with Crippen molar-refractivity contribution < 1.29 is 27.9 Å². The van der Waals surface area contributed by atoms with E-state index in [4.69, 9.17) is 13.8 Å². The highest BCUT2D eigenvalue weighted by Crippen LogP contribution is 2.57. The largest absolute Gasteiger partial charge is 0.467 e. The van der Waals surface area contributed by atoms with Gasteiger partial charge in [0.2, 0.25) is 0 Å². The number of amides is 1. The Bertz CT molecular complexity index is 612. The summed E-state index contributed by atoms with van der Waals surface area (Å²) in [6.07, 6.45) is 0.671. The summed E-state index contributed by atoms with van der Waals surface area (Å²) < 4.78 is 27.6. The number of hydrogen-bond donors (Lipinski definition) is 0. The van der Waals surface area contributed by atoms with Gasteiger partial charge in [-0.25, -0.2) is 4.79 Å². The minimum Gasteiger partial charge on any atom is -0.467 e. The maximum Gasteiger partial charge on any atom is 0.352 e. The SMILES string of the molecule is COC(=O)[C@@H]1CCC(P(=O)(OC)OC)N1C(=O)c1ccccc1. The normalized spacial score (nSPS) is 21.3. The van der Waals surface area contributed by atoms with Crippen molar-refractivity contribution in [1.82, 2.24) is 4.90 Å². The molecule has 1 fully saturated rings. The number of carbonyl (C=O) groups excluding carboxylic acids is 2. The molecule has 0 spiro atoms. The third-order valence-electron chi connectivity index (χ3n) is 3.96. The first-order valence-electron chi connectivity index (χ1n) is 7.15. The van der Waals surface area contributed by atoms with Crippen LogP contribution >= 0.6 is 7.60 Å². The molecule has 1 aliphatic heterocycles. The molecular weight excluding hydrogens is 321 g/mol. The zero-order chi connectivity index (χ0) is 17.0. The van der Waals surface area contributed by atoms with Crippen LogP contribution in [0.1, 0.15) is 23.2 Å². The molecule has 1 aromatic carbocycles. The quantitative estimate of drug-likeness (QED) is 0.604. The summed E-state index contributed by atoms with van der Waals surface area (Å²) in [7, 11) is 0.237. The van der Waals surface area contributed by atoms with Gasteiger partial charge in [0.1, 0.15) is 11.8 Å². The Morgan fingerprint density at radius 1 is 1.09 bits per heavy atom. The Hall–Kier alpha value is -1.69. The summed E-state index contributed by atoms with van der Waals surface area (Å²) in [6, 6.07) is 7.68. The summed E-state index contributed by atoms with van der Waals surface area (Å²) in [6.45, 7) is 0. The lowest BCUT2D eigenvalue weighted by molar-refractivity contribution is -0.145. The zero-order valence-electron chi connectivity index (χ0n) is 13.3. The maximum absolute atomic E-state index is 12.9. The van der Waals surface area contributed by atoms with E-state index in [0.29, 0.717) is 18.4 Å². The highest BCUT2D eigenvalue weighted by molar-refractivity contribution is 7.54. The molecule has 23 heavy (non-hydrogen) atoms. The lowest BCUT2D eigenvalue weighted by Gasteiger charge is -2.32. The van der Waals surface area contributed by atoms with E-state index in [0.717, 1.165) is 0 Å². The molecule has 1 unspecified atom stereocenters. The van der Waals surface area contributed by atoms with E-state index in [1.807, 2.05) is 0 Å². The molecule has 7 nitrogen and oxygen atoms in total. The van der Waals surface area contributed by atoms with Crippen molar-refractivity contribution in [3.63, 3.8) is 0 Å². The minimum absolute atomic E-state index is 0.331. The van der Waals surface area contributed by atoms with Crippen molar-refractivity contribution in [2.75, 3.05) is 21.3 Å². The van der Waals surface area contributed by atoms with E-state index in [1.165, 1.54) is 26.2 Å². The first kappa shape index (κ1) is 17.7. The molecule has 0 bridgehead atoms. The van der Waals surface area contributed by atoms with Crippen molar-refractivity contribution in [1.29, 1.82) is 0 Å². The molecule has 0 saturated carbocycles. The third-order valence-corrected chi connectivity index (χ3v) is 6.21. The van der Waals surface area contributed by atoms with Gasteiger partial charge in [0.15, 0.2) is 0 Å². The number of carbonyl (C=O) groups is 2. The lowest BCUT2D eigenvalue weighted by Crippen LogP contribution is -2.45. The Balaban J connectivity index is 2.42. The molecule has 1 saturated heterocycles. The van der Waals surface area contributed by atoms with Crippen LogP contribution in [0.25, 0.3) is 0 Å². The average Bonchev–Trinajstić information content (AvgIpc) is 3.06. The predicted molar refractivity (Wildman–Crippen MR) is 83.1 cm³/mol. The summed E-state index contributed by atoms with van der Waals surface area (Å²) in [4.78, 5) is 26.1. The van der Waals surface area contributed by atoms with Gasteiger partial charge in [-0.15, -0.1) is 0 Å². The van der Waals surface area contributed by atoms with Gasteiger partial charge in [0.05, 0.1) is 7.11 Å². The highest BCUT2D eigenvalue weighted by Gasteiger charge is 2.51. The molecule has 2 atom stereocenters. The monoisotopic (exact) mass is 341 g/mol. The molecular formula is C15H20NO6P. The topological polar surface area (TPSA) is 82.1 Å². The first-order chi connectivity index (χ1) is 11.0. The second kappa shape index (κ2) is 7.25. The molecule has 1 heterocycles. The van der Waals surface area contributed by atoms with Gasteiger partial charge >= 0.3 is 13.6 Å². The van der Waals surface area contributed by atoms with E-state index in [-0.39, 0.29) is 0 Å². The predicted octanol–water partition coefficient (Wildman–Crippen LogP) is 2.28. The van der Waals surface area contributed by atoms with Crippen molar-refractivity contribution in [3.05, 3.63) is 35.9 Å². The molecule has 1 aliphatic rings. The second-order valence-corrected chi connectivity index (χ2v) is 7.49. The molecule has 0 radical (unpaired) electrons. The third kappa shape index (κ3) is 3.32. The van der Waals surface area contributed by atoms with Gasteiger partial charge in [-0.05, 0) is 25.0 Å². The number of esters is 1. The zero-order valence-corrected chi connectivity index (χ0v) is 14.2. The number of likely N-dealkylation sites (tertiary alicyclic amines) is 1. The van der Waals surface area contributed by atoms with Crippen LogP contribution in [0.15, 0.2) is 30.3 Å². The number of ether oxygens (including phenoxy) is 1. The molecule has 126 valence electrons. The van der Waals surface area contributed by atoms with Crippen LogP contribution in [0, 0.1) is 0 Å². The van der Waals surface area contributed by atoms with Gasteiger partial charge in [-0.2, -0.15) is 0 Å². The van der Waals surface area contributed by atoms with Crippen LogP contribution in [0.5, 0.6) is 0 Å². The molecule has 2 rings (SSSR count). The Morgan fingerprint density at radius 2 is 1.70 bits per heavy atom. The maximum atomic E-state index is 12.9. The average molecular weight is 341 g/mol. The number of benzene rings is 1. The van der Waals surface area contributed by atoms with Crippen molar-refractivity contribution in [2.45, 2.75) is 24.7 Å². The van der Waals surface area contributed by atoms with Crippen LogP contribution in [-0.2, 0) is 23.1 Å². The molecule has 0 aromatic heterocycles. The summed E-state index contributed by atoms with van der Waals surface area (Å²) >= 11 is 0. The van der Waals surface area contributed by atoms with E-state index >= 15 is 0 Å². The van der Waals surface area contributed by atoms with Crippen molar-refractivity contribution in [3.8, 4) is 0 Å². The second-order valence-electron chi connectivity index (χ2n) is 5.08. The lowest BCUT2D eigenvalue weighted by atomic mass is 10.1. The summed E-state index contributed by atoms with van der Waals surface area (Å²) in [5.41, 5.74) is 0.395. The molecule has 1 amide bonds. The molecule has 1 aromatic rings. The molecule has 0 aliphatic carbocycles. The minimum atomic E-state index is -3.55. The van der Waals surface area contributed by atoms with E-state index < -0.39 is 31.3 Å². The fourth-order valence-electron chi connectivity index (χ4n) is 2.80. The number of methoxy groups -OCH3 is 1. The van der Waals surface area contributed by atoms with Gasteiger partial charge in [0, 0.05) is 19.8 Å². The van der Waals surface area contributed by atoms with Crippen molar-refractivity contribution >= 4 is 19.5 Å². The van der Waals surface area contributed by atoms with E-state index in [2.05, 4.69) is 0 Å². The summed E-state index contributed by atoms with van der Waals surface area (Å²) in [5, 5.41) is 0. The van der Waals surface area contributed by atoms with Crippen LogP contribution in [0.4, 0.5) is 0 Å².